The molecule has 7 heteroatoms. The van der Waals surface area contributed by atoms with Crippen LogP contribution in [0.4, 0.5) is 5.69 Å². The highest BCUT2D eigenvalue weighted by molar-refractivity contribution is 5.97. The molecule has 1 aromatic rings. The molecule has 2 atom stereocenters. The zero-order valence-corrected chi connectivity index (χ0v) is 13.3. The average Bonchev–Trinajstić information content (AvgIpc) is 2.52. The van der Waals surface area contributed by atoms with Gasteiger partial charge in [0.05, 0.1) is 13.2 Å². The van der Waals surface area contributed by atoms with Crippen LogP contribution in [0.5, 0.6) is 0 Å². The van der Waals surface area contributed by atoms with E-state index in [0.29, 0.717) is 11.3 Å². The molecule has 0 saturated heterocycles. The number of nitriles is 1. The number of benzene rings is 1. The van der Waals surface area contributed by atoms with Gasteiger partial charge < -0.3 is 15.4 Å². The second-order valence-electron chi connectivity index (χ2n) is 5.07. The highest BCUT2D eigenvalue weighted by Crippen LogP contribution is 2.13. The molecule has 2 amide bonds. The fourth-order valence-corrected chi connectivity index (χ4v) is 1.96. The van der Waals surface area contributed by atoms with Gasteiger partial charge >= 0.3 is 5.97 Å². The molecule has 0 fully saturated rings. The van der Waals surface area contributed by atoms with Gasteiger partial charge in [0.25, 0.3) is 5.91 Å². The lowest BCUT2D eigenvalue weighted by Crippen LogP contribution is -2.45. The van der Waals surface area contributed by atoms with Crippen molar-refractivity contribution in [1.29, 1.82) is 5.26 Å². The van der Waals surface area contributed by atoms with Gasteiger partial charge in [-0.3, -0.25) is 9.59 Å². The van der Waals surface area contributed by atoms with Crippen molar-refractivity contribution in [3.8, 4) is 6.07 Å². The molecule has 122 valence electrons. The quantitative estimate of drug-likeness (QED) is 0.772. The van der Waals surface area contributed by atoms with E-state index in [0.717, 1.165) is 0 Å². The summed E-state index contributed by atoms with van der Waals surface area (Å²) in [6, 6.07) is 7.30. The van der Waals surface area contributed by atoms with E-state index < -0.39 is 17.9 Å². The van der Waals surface area contributed by atoms with E-state index in [1.807, 2.05) is 6.07 Å². The van der Waals surface area contributed by atoms with Crippen molar-refractivity contribution in [2.24, 2.45) is 5.92 Å². The Morgan fingerprint density at radius 3 is 2.35 bits per heavy atom. The Kier molecular flexibility index (Phi) is 6.74. The fourth-order valence-electron chi connectivity index (χ4n) is 1.96. The number of nitrogens with one attached hydrogen (secondary N) is 2. The highest BCUT2D eigenvalue weighted by Gasteiger charge is 2.28. The van der Waals surface area contributed by atoms with Gasteiger partial charge in [-0.15, -0.1) is 0 Å². The summed E-state index contributed by atoms with van der Waals surface area (Å²) < 4.78 is 4.67. The van der Waals surface area contributed by atoms with Crippen molar-refractivity contribution in [3.63, 3.8) is 0 Å². The second-order valence-corrected chi connectivity index (χ2v) is 5.07. The van der Waals surface area contributed by atoms with Crippen molar-refractivity contribution < 1.29 is 19.1 Å². The number of amides is 2. The molecule has 0 saturated carbocycles. The van der Waals surface area contributed by atoms with Gasteiger partial charge in [-0.1, -0.05) is 6.92 Å². The Morgan fingerprint density at radius 2 is 1.87 bits per heavy atom. The molecule has 0 unspecified atom stereocenters. The molecule has 0 heterocycles. The summed E-state index contributed by atoms with van der Waals surface area (Å²) >= 11 is 0. The standard InChI is InChI=1S/C16H19N3O4/c1-10(8-9-17)14(16(22)23-3)19-15(21)12-4-6-13(7-5-12)18-11(2)20/h4-7,10,14H,8H2,1-3H3,(H,18,20)(H,19,21)/t10-,14-/m0/s1. The van der Waals surface area contributed by atoms with Crippen molar-refractivity contribution in [2.75, 3.05) is 12.4 Å². The third-order valence-electron chi connectivity index (χ3n) is 3.19. The minimum absolute atomic E-state index is 0.113. The van der Waals surface area contributed by atoms with Crippen LogP contribution in [0.15, 0.2) is 24.3 Å². The molecule has 0 aliphatic carbocycles. The highest BCUT2D eigenvalue weighted by atomic mass is 16.5. The number of ether oxygens (including phenoxy) is 1. The van der Waals surface area contributed by atoms with Gasteiger partial charge in [0.15, 0.2) is 0 Å². The smallest absolute Gasteiger partial charge is 0.328 e. The van der Waals surface area contributed by atoms with E-state index in [1.165, 1.54) is 26.2 Å². The Hall–Kier alpha value is -2.88. The molecule has 0 aromatic heterocycles. The van der Waals surface area contributed by atoms with Crippen LogP contribution in [0, 0.1) is 17.2 Å². The SMILES string of the molecule is COC(=O)[C@@H](NC(=O)c1ccc(NC(C)=O)cc1)[C@@H](C)CC#N. The van der Waals surface area contributed by atoms with E-state index in [-0.39, 0.29) is 18.2 Å². The molecule has 1 aromatic carbocycles. The number of anilines is 1. The lowest BCUT2D eigenvalue weighted by molar-refractivity contribution is -0.144. The molecule has 1 rings (SSSR count). The van der Waals surface area contributed by atoms with E-state index >= 15 is 0 Å². The van der Waals surface area contributed by atoms with E-state index in [9.17, 15) is 14.4 Å². The first kappa shape index (κ1) is 18.2. The van der Waals surface area contributed by atoms with Crippen LogP contribution in [0.3, 0.4) is 0 Å². The average molecular weight is 317 g/mol. The van der Waals surface area contributed by atoms with E-state index in [2.05, 4.69) is 15.4 Å². The summed E-state index contributed by atoms with van der Waals surface area (Å²) in [5, 5.41) is 13.9. The number of rotatable bonds is 6. The zero-order valence-electron chi connectivity index (χ0n) is 13.3. The zero-order chi connectivity index (χ0) is 17.4. The Bertz CT molecular complexity index is 619. The van der Waals surface area contributed by atoms with Crippen molar-refractivity contribution >= 4 is 23.5 Å². The molecular formula is C16H19N3O4. The normalized spacial score (nSPS) is 12.4. The maximum absolute atomic E-state index is 12.2. The first-order valence-electron chi connectivity index (χ1n) is 7.02. The predicted octanol–water partition coefficient (Wildman–Crippen LogP) is 1.47. The summed E-state index contributed by atoms with van der Waals surface area (Å²) in [6.45, 7) is 3.07. The summed E-state index contributed by atoms with van der Waals surface area (Å²) in [4.78, 5) is 35.0. The Morgan fingerprint density at radius 1 is 1.26 bits per heavy atom. The van der Waals surface area contributed by atoms with Crippen molar-refractivity contribution in [1.82, 2.24) is 5.32 Å². The van der Waals surface area contributed by atoms with Gasteiger partial charge in [-0.2, -0.15) is 5.26 Å². The van der Waals surface area contributed by atoms with Gasteiger partial charge in [0.1, 0.15) is 6.04 Å². The summed E-state index contributed by atoms with van der Waals surface area (Å²) in [5.74, 6) is -1.65. The molecule has 0 spiro atoms. The van der Waals surface area contributed by atoms with Crippen LogP contribution in [-0.4, -0.2) is 30.9 Å². The van der Waals surface area contributed by atoms with Crippen LogP contribution in [0.25, 0.3) is 0 Å². The first-order valence-corrected chi connectivity index (χ1v) is 7.02. The summed E-state index contributed by atoms with van der Waals surface area (Å²) in [7, 11) is 1.23. The minimum atomic E-state index is -0.901. The number of esters is 1. The molecule has 0 radical (unpaired) electrons. The summed E-state index contributed by atoms with van der Waals surface area (Å²) in [6.07, 6.45) is 0.113. The van der Waals surface area contributed by atoms with Crippen molar-refractivity contribution in [2.45, 2.75) is 26.3 Å². The molecule has 2 N–H and O–H groups in total. The molecule has 0 aliphatic rings. The van der Waals surface area contributed by atoms with Gasteiger partial charge in [-0.25, -0.2) is 4.79 Å². The third-order valence-corrected chi connectivity index (χ3v) is 3.19. The van der Waals surface area contributed by atoms with E-state index in [1.54, 1.807) is 19.1 Å². The molecular weight excluding hydrogens is 298 g/mol. The number of hydrogen-bond donors (Lipinski definition) is 2. The maximum Gasteiger partial charge on any atom is 0.328 e. The fraction of sp³-hybridized carbons (Fsp3) is 0.375. The maximum atomic E-state index is 12.2. The molecule has 0 aliphatic heterocycles. The number of hydrogen-bond acceptors (Lipinski definition) is 5. The molecule has 23 heavy (non-hydrogen) atoms. The summed E-state index contributed by atoms with van der Waals surface area (Å²) in [5.41, 5.74) is 0.897. The number of carbonyl (C=O) groups is 3. The van der Waals surface area contributed by atoms with E-state index in [4.69, 9.17) is 5.26 Å². The number of nitrogens with zero attached hydrogens (tertiary/aromatic N) is 1. The van der Waals surface area contributed by atoms with Crippen LogP contribution < -0.4 is 10.6 Å². The Labute approximate surface area is 134 Å². The molecule has 7 nitrogen and oxygen atoms in total. The number of carbonyl (C=O) groups excluding carboxylic acids is 3. The van der Waals surface area contributed by atoms with Gasteiger partial charge in [0, 0.05) is 30.5 Å². The first-order chi connectivity index (χ1) is 10.9. The van der Waals surface area contributed by atoms with Gasteiger partial charge in [0.2, 0.25) is 5.91 Å². The monoisotopic (exact) mass is 317 g/mol. The van der Waals surface area contributed by atoms with Crippen LogP contribution in [-0.2, 0) is 14.3 Å². The lowest BCUT2D eigenvalue weighted by atomic mass is 9.98. The third kappa shape index (κ3) is 5.43. The van der Waals surface area contributed by atoms with Crippen LogP contribution in [0.1, 0.15) is 30.6 Å². The van der Waals surface area contributed by atoms with Crippen LogP contribution in [0.2, 0.25) is 0 Å². The second kappa shape index (κ2) is 8.54. The largest absolute Gasteiger partial charge is 0.467 e. The van der Waals surface area contributed by atoms with Crippen molar-refractivity contribution in [3.05, 3.63) is 29.8 Å². The lowest BCUT2D eigenvalue weighted by Gasteiger charge is -2.21. The predicted molar refractivity (Wildman–Crippen MR) is 83.4 cm³/mol. The minimum Gasteiger partial charge on any atom is -0.467 e. The topological polar surface area (TPSA) is 108 Å². The van der Waals surface area contributed by atoms with Crippen LogP contribution >= 0.6 is 0 Å². The Balaban J connectivity index is 2.84. The van der Waals surface area contributed by atoms with Gasteiger partial charge in [-0.05, 0) is 24.3 Å². The molecule has 0 bridgehead atoms. The number of methoxy groups -OCH3 is 1.